The third kappa shape index (κ3) is 5.92. The second-order valence-corrected chi connectivity index (χ2v) is 9.50. The first-order valence-electron chi connectivity index (χ1n) is 9.76. The van der Waals surface area contributed by atoms with Crippen molar-refractivity contribution in [2.24, 2.45) is 5.73 Å². The number of methoxy groups -OCH3 is 1. The minimum absolute atomic E-state index is 0. The number of benzene rings is 1. The highest BCUT2D eigenvalue weighted by Crippen LogP contribution is 2.35. The summed E-state index contributed by atoms with van der Waals surface area (Å²) in [5, 5.41) is 0. The van der Waals surface area contributed by atoms with Crippen LogP contribution in [0.1, 0.15) is 11.4 Å². The smallest absolute Gasteiger partial charge is 0.242 e. The Kier molecular flexibility index (Phi) is 10.5. The number of allylic oxidation sites excluding steroid dienone is 1. The molecular formula is C22H29Cl2FN4O3S. The summed E-state index contributed by atoms with van der Waals surface area (Å²) in [6.45, 7) is 2.32. The minimum Gasteiger partial charge on any atom is -0.378 e. The van der Waals surface area contributed by atoms with Gasteiger partial charge in [-0.1, -0.05) is 12.1 Å². The van der Waals surface area contributed by atoms with Gasteiger partial charge in [0, 0.05) is 39.0 Å². The molecule has 0 aliphatic heterocycles. The minimum atomic E-state index is -3.61. The Labute approximate surface area is 206 Å². The summed E-state index contributed by atoms with van der Waals surface area (Å²) >= 11 is 0. The van der Waals surface area contributed by atoms with Gasteiger partial charge in [0.1, 0.15) is 5.83 Å². The lowest BCUT2D eigenvalue weighted by Gasteiger charge is -2.12. The van der Waals surface area contributed by atoms with Gasteiger partial charge in [0.25, 0.3) is 0 Å². The SMILES string of the molecule is COCc1ccc2c(n1)c(-c1cccc(S(=O)(=O)N(C)C)c1)c(C)n2CC(F)=CCN.Cl.Cl. The van der Waals surface area contributed by atoms with E-state index in [-0.39, 0.29) is 48.6 Å². The van der Waals surface area contributed by atoms with E-state index in [0.29, 0.717) is 17.7 Å². The maximum atomic E-state index is 14.4. The Morgan fingerprint density at radius 2 is 1.94 bits per heavy atom. The Balaban J connectivity index is 0.00000272. The second-order valence-electron chi connectivity index (χ2n) is 7.35. The molecule has 182 valence electrons. The fourth-order valence-corrected chi connectivity index (χ4v) is 4.47. The molecule has 0 fully saturated rings. The molecule has 2 aromatic heterocycles. The number of halogens is 3. The summed E-state index contributed by atoms with van der Waals surface area (Å²) in [6.07, 6.45) is 1.34. The molecule has 3 aromatic rings. The molecule has 11 heteroatoms. The zero-order chi connectivity index (χ0) is 22.8. The van der Waals surface area contributed by atoms with Gasteiger partial charge in [0.15, 0.2) is 0 Å². The van der Waals surface area contributed by atoms with E-state index in [2.05, 4.69) is 0 Å². The van der Waals surface area contributed by atoms with Gasteiger partial charge in [-0.15, -0.1) is 24.8 Å². The number of rotatable bonds is 8. The normalized spacial score (nSPS) is 12.0. The third-order valence-electron chi connectivity index (χ3n) is 5.07. The number of aromatic nitrogens is 2. The summed E-state index contributed by atoms with van der Waals surface area (Å²) < 4.78 is 47.8. The lowest BCUT2D eigenvalue weighted by Crippen LogP contribution is -2.22. The predicted octanol–water partition coefficient (Wildman–Crippen LogP) is 4.06. The van der Waals surface area contributed by atoms with E-state index < -0.39 is 10.0 Å². The van der Waals surface area contributed by atoms with Crippen molar-refractivity contribution in [1.82, 2.24) is 13.9 Å². The molecular weight excluding hydrogens is 490 g/mol. The molecule has 0 atom stereocenters. The average Bonchev–Trinajstić information content (AvgIpc) is 2.99. The third-order valence-corrected chi connectivity index (χ3v) is 6.88. The van der Waals surface area contributed by atoms with Crippen LogP contribution < -0.4 is 5.73 Å². The fourth-order valence-electron chi connectivity index (χ4n) is 3.52. The van der Waals surface area contributed by atoms with Crippen LogP contribution in [0, 0.1) is 6.92 Å². The number of nitrogens with zero attached hydrogens (tertiary/aromatic N) is 3. The van der Waals surface area contributed by atoms with E-state index in [1.54, 1.807) is 25.3 Å². The average molecular weight is 519 g/mol. The molecule has 0 aliphatic rings. The summed E-state index contributed by atoms with van der Waals surface area (Å²) in [5.74, 6) is -0.348. The molecule has 2 heterocycles. The Morgan fingerprint density at radius 3 is 2.55 bits per heavy atom. The highest BCUT2D eigenvalue weighted by molar-refractivity contribution is 7.89. The monoisotopic (exact) mass is 518 g/mol. The quantitative estimate of drug-likeness (QED) is 0.485. The van der Waals surface area contributed by atoms with Gasteiger partial charge in [0.2, 0.25) is 10.0 Å². The van der Waals surface area contributed by atoms with Crippen LogP contribution >= 0.6 is 24.8 Å². The van der Waals surface area contributed by atoms with Crippen molar-refractivity contribution in [2.45, 2.75) is 25.0 Å². The lowest BCUT2D eigenvalue weighted by atomic mass is 10.1. The maximum absolute atomic E-state index is 14.4. The van der Waals surface area contributed by atoms with Crippen LogP contribution in [0.15, 0.2) is 53.2 Å². The number of pyridine rings is 1. The molecule has 0 amide bonds. The molecule has 33 heavy (non-hydrogen) atoms. The van der Waals surface area contributed by atoms with E-state index in [0.717, 1.165) is 22.5 Å². The van der Waals surface area contributed by atoms with E-state index in [9.17, 15) is 12.8 Å². The number of sulfonamides is 1. The molecule has 0 bridgehead atoms. The summed E-state index contributed by atoms with van der Waals surface area (Å²) in [6, 6.07) is 10.4. The molecule has 3 rings (SSSR count). The molecule has 0 saturated heterocycles. The van der Waals surface area contributed by atoms with E-state index in [1.807, 2.05) is 29.7 Å². The van der Waals surface area contributed by atoms with Crippen LogP contribution in [0.4, 0.5) is 4.39 Å². The van der Waals surface area contributed by atoms with Crippen molar-refractivity contribution in [3.8, 4) is 11.1 Å². The summed E-state index contributed by atoms with van der Waals surface area (Å²) in [7, 11) is 0.963. The van der Waals surface area contributed by atoms with Crippen molar-refractivity contribution >= 4 is 45.9 Å². The number of hydrogen-bond donors (Lipinski definition) is 1. The fraction of sp³-hybridized carbons (Fsp3) is 0.318. The number of ether oxygens (including phenoxy) is 1. The van der Waals surface area contributed by atoms with E-state index in [1.165, 1.54) is 24.5 Å². The number of hydrogen-bond acceptors (Lipinski definition) is 5. The van der Waals surface area contributed by atoms with Crippen LogP contribution in [0.3, 0.4) is 0 Å². The van der Waals surface area contributed by atoms with Crippen molar-refractivity contribution < 1.29 is 17.5 Å². The van der Waals surface area contributed by atoms with Crippen molar-refractivity contribution in [3.63, 3.8) is 0 Å². The molecule has 0 radical (unpaired) electrons. The van der Waals surface area contributed by atoms with Crippen molar-refractivity contribution in [1.29, 1.82) is 0 Å². The van der Waals surface area contributed by atoms with Gasteiger partial charge in [-0.05, 0) is 42.8 Å². The summed E-state index contributed by atoms with van der Waals surface area (Å²) in [5.41, 5.74) is 9.80. The first-order chi connectivity index (χ1) is 14.7. The van der Waals surface area contributed by atoms with E-state index in [4.69, 9.17) is 15.5 Å². The largest absolute Gasteiger partial charge is 0.378 e. The van der Waals surface area contributed by atoms with Crippen LogP contribution in [-0.2, 0) is 27.9 Å². The topological polar surface area (TPSA) is 90.5 Å². The Hall–Kier alpha value is -2.01. The van der Waals surface area contributed by atoms with Gasteiger partial charge < -0.3 is 15.0 Å². The summed E-state index contributed by atoms with van der Waals surface area (Å²) in [4.78, 5) is 4.91. The molecule has 0 unspecified atom stereocenters. The lowest BCUT2D eigenvalue weighted by molar-refractivity contribution is 0.182. The first kappa shape index (κ1) is 29.0. The van der Waals surface area contributed by atoms with Gasteiger partial charge in [-0.3, -0.25) is 0 Å². The predicted molar refractivity (Wildman–Crippen MR) is 134 cm³/mol. The zero-order valence-corrected chi connectivity index (χ0v) is 21.4. The van der Waals surface area contributed by atoms with Crippen LogP contribution in [0.2, 0.25) is 0 Å². The second kappa shape index (κ2) is 11.9. The van der Waals surface area contributed by atoms with Crippen LogP contribution in [0.25, 0.3) is 22.2 Å². The molecule has 0 spiro atoms. The highest BCUT2D eigenvalue weighted by Gasteiger charge is 2.22. The zero-order valence-electron chi connectivity index (χ0n) is 18.9. The van der Waals surface area contributed by atoms with Gasteiger partial charge in [-0.25, -0.2) is 22.1 Å². The molecule has 7 nitrogen and oxygen atoms in total. The molecule has 2 N–H and O–H groups in total. The maximum Gasteiger partial charge on any atom is 0.242 e. The highest BCUT2D eigenvalue weighted by atomic mass is 35.5. The van der Waals surface area contributed by atoms with E-state index >= 15 is 0 Å². The number of nitrogens with two attached hydrogens (primary N) is 1. The number of fused-ring (bicyclic) bond motifs is 1. The van der Waals surface area contributed by atoms with Crippen molar-refractivity contribution in [3.05, 3.63) is 59.7 Å². The molecule has 0 saturated carbocycles. The molecule has 0 aliphatic carbocycles. The van der Waals surface area contributed by atoms with Gasteiger partial charge in [-0.2, -0.15) is 0 Å². The van der Waals surface area contributed by atoms with Gasteiger partial charge >= 0.3 is 0 Å². The van der Waals surface area contributed by atoms with Crippen molar-refractivity contribution in [2.75, 3.05) is 27.7 Å². The van der Waals surface area contributed by atoms with Crippen LogP contribution in [-0.4, -0.2) is 50.0 Å². The molecule has 1 aromatic carbocycles. The standard InChI is InChI=1S/C22H27FN4O3S.2ClH/c1-15-21(16-6-5-7-19(12-16)31(28,29)26(2)3)22-20(9-8-18(25-22)14-30-4)27(15)13-17(23)10-11-24;;/h5-10,12H,11,13-14,24H2,1-4H3;2*1H. The van der Waals surface area contributed by atoms with Crippen LogP contribution in [0.5, 0.6) is 0 Å². The Bertz CT molecular complexity index is 1240. The van der Waals surface area contributed by atoms with Gasteiger partial charge in [0.05, 0.1) is 34.8 Å². The first-order valence-corrected chi connectivity index (χ1v) is 11.2. The Morgan fingerprint density at radius 1 is 1.24 bits per heavy atom.